The predicted molar refractivity (Wildman–Crippen MR) is 167 cm³/mol. The van der Waals surface area contributed by atoms with Gasteiger partial charge >= 0.3 is 0 Å². The molecule has 0 N–H and O–H groups in total. The molecule has 10 nitrogen and oxygen atoms in total. The van der Waals surface area contributed by atoms with Crippen molar-refractivity contribution in [3.8, 4) is 22.8 Å². The number of rotatable bonds is 10. The number of fused-ring (bicyclic) bond motifs is 2. The second-order valence-corrected chi connectivity index (χ2v) is 11.6. The van der Waals surface area contributed by atoms with Crippen molar-refractivity contribution in [2.24, 2.45) is 0 Å². The molecule has 44 heavy (non-hydrogen) atoms. The molecule has 3 atom stereocenters. The van der Waals surface area contributed by atoms with E-state index in [-0.39, 0.29) is 48.7 Å². The van der Waals surface area contributed by atoms with Gasteiger partial charge in [0.25, 0.3) is 5.91 Å². The van der Waals surface area contributed by atoms with Crippen LogP contribution in [0.25, 0.3) is 11.3 Å². The number of anilines is 1. The number of carbonyl (C=O) groups excluding carboxylic acids is 2. The Bertz CT molecular complexity index is 1430. The summed E-state index contributed by atoms with van der Waals surface area (Å²) in [6.07, 6.45) is 3.74. The van der Waals surface area contributed by atoms with Gasteiger partial charge in [-0.1, -0.05) is 25.3 Å². The van der Waals surface area contributed by atoms with Crippen LogP contribution in [0.1, 0.15) is 29.3 Å². The summed E-state index contributed by atoms with van der Waals surface area (Å²) in [5.74, 6) is 0.298. The molecule has 0 saturated carbocycles. The van der Waals surface area contributed by atoms with Crippen LogP contribution in [0.2, 0.25) is 0 Å². The van der Waals surface area contributed by atoms with E-state index in [0.29, 0.717) is 66.9 Å². The van der Waals surface area contributed by atoms with Gasteiger partial charge in [-0.05, 0) is 45.5 Å². The van der Waals surface area contributed by atoms with Crippen LogP contribution in [0.3, 0.4) is 0 Å². The maximum atomic E-state index is 15.7. The lowest BCUT2D eigenvalue weighted by Gasteiger charge is -2.39. The van der Waals surface area contributed by atoms with E-state index in [1.165, 1.54) is 12.1 Å². The average Bonchev–Trinajstić information content (AvgIpc) is 3.35. The summed E-state index contributed by atoms with van der Waals surface area (Å²) in [5.41, 5.74) is 1.48. The number of likely N-dealkylation sites (N-methyl/N-ethyl adjacent to an activating group) is 1. The molecule has 5 rings (SSSR count). The first kappa shape index (κ1) is 31.5. The number of piperazine rings is 1. The molecule has 2 amide bonds. The van der Waals surface area contributed by atoms with E-state index in [2.05, 4.69) is 36.9 Å². The van der Waals surface area contributed by atoms with Gasteiger partial charge in [0.2, 0.25) is 5.91 Å². The minimum Gasteiger partial charge on any atom is -0.490 e. The molecule has 2 saturated heterocycles. The number of benzene rings is 1. The van der Waals surface area contributed by atoms with Crippen LogP contribution in [0.4, 0.5) is 10.2 Å². The Balaban J connectivity index is 1.64. The highest BCUT2D eigenvalue weighted by Crippen LogP contribution is 2.44. The molecule has 0 spiro atoms. The average molecular weight is 608 g/mol. The Kier molecular flexibility index (Phi) is 9.55. The minimum atomic E-state index is -0.490. The zero-order valence-corrected chi connectivity index (χ0v) is 26.1. The lowest BCUT2D eigenvalue weighted by atomic mass is 10.00. The molecule has 1 aromatic heterocycles. The van der Waals surface area contributed by atoms with Crippen LogP contribution in [0, 0.1) is 12.7 Å². The van der Waals surface area contributed by atoms with Gasteiger partial charge in [0.15, 0.2) is 0 Å². The maximum Gasteiger partial charge on any atom is 0.261 e. The van der Waals surface area contributed by atoms with Gasteiger partial charge in [-0.15, -0.1) is 0 Å². The molecule has 2 fully saturated rings. The van der Waals surface area contributed by atoms with Crippen LogP contribution in [0.5, 0.6) is 11.5 Å². The van der Waals surface area contributed by atoms with Gasteiger partial charge in [-0.25, -0.2) is 9.37 Å². The molecule has 0 aliphatic carbocycles. The summed E-state index contributed by atoms with van der Waals surface area (Å²) < 4.78 is 33.3. The maximum absolute atomic E-state index is 15.7. The molecule has 2 aromatic rings. The molecule has 0 radical (unpaired) electrons. The summed E-state index contributed by atoms with van der Waals surface area (Å²) in [4.78, 5) is 39.8. The number of methoxy groups -OCH3 is 1. The van der Waals surface area contributed by atoms with E-state index >= 15 is 4.39 Å². The molecule has 2 unspecified atom stereocenters. The lowest BCUT2D eigenvalue weighted by Crippen LogP contribution is -2.57. The van der Waals surface area contributed by atoms with Gasteiger partial charge in [0.1, 0.15) is 41.9 Å². The van der Waals surface area contributed by atoms with Crippen molar-refractivity contribution in [3.05, 3.63) is 60.5 Å². The number of pyridine rings is 1. The molecule has 11 heteroatoms. The fraction of sp³-hybridized carbons (Fsp3) is 0.485. The highest BCUT2D eigenvalue weighted by atomic mass is 19.1. The zero-order chi connectivity index (χ0) is 31.5. The van der Waals surface area contributed by atoms with Gasteiger partial charge < -0.3 is 28.9 Å². The lowest BCUT2D eigenvalue weighted by molar-refractivity contribution is -0.128. The topological polar surface area (TPSA) is 87.7 Å². The Labute approximate surface area is 258 Å². The minimum absolute atomic E-state index is 0.0446. The third kappa shape index (κ3) is 5.90. The number of hydrogen-bond donors (Lipinski definition) is 0. The van der Waals surface area contributed by atoms with Gasteiger partial charge in [-0.3, -0.25) is 14.5 Å². The van der Waals surface area contributed by atoms with E-state index in [9.17, 15) is 9.59 Å². The second kappa shape index (κ2) is 13.4. The summed E-state index contributed by atoms with van der Waals surface area (Å²) >= 11 is 0. The predicted octanol–water partition coefficient (Wildman–Crippen LogP) is 3.54. The van der Waals surface area contributed by atoms with Crippen molar-refractivity contribution in [2.45, 2.75) is 38.4 Å². The molecular weight excluding hydrogens is 565 g/mol. The Morgan fingerprint density at radius 2 is 2.02 bits per heavy atom. The largest absolute Gasteiger partial charge is 0.490 e. The first-order valence-electron chi connectivity index (χ1n) is 15.1. The number of amides is 2. The van der Waals surface area contributed by atoms with Crippen LogP contribution in [-0.2, 0) is 9.53 Å². The summed E-state index contributed by atoms with van der Waals surface area (Å²) in [6.45, 7) is 14.7. The van der Waals surface area contributed by atoms with Crippen molar-refractivity contribution in [3.63, 3.8) is 0 Å². The van der Waals surface area contributed by atoms with E-state index < -0.39 is 5.82 Å². The standard InChI is InChI=1S/C33H42FN5O5/c1-7-15-43-26-11-9-10-25(34)28(26)30-22(4)31-29(32(35-30)39-19-23(17-21(39)3)36(5)14-16-42-6)33(41)38-13-12-37(27(40)8-2)18-24(38)20-44-31/h7-11,21,23-24H,1-2,12-20H2,3-6H3/t21?,23?,24-/m1/s1. The third-order valence-corrected chi connectivity index (χ3v) is 8.89. The van der Waals surface area contributed by atoms with Crippen molar-refractivity contribution in [2.75, 3.05) is 71.6 Å². The number of carbonyl (C=O) groups is 2. The van der Waals surface area contributed by atoms with Crippen LogP contribution in [-0.4, -0.2) is 116 Å². The number of nitrogens with zero attached hydrogens (tertiary/aromatic N) is 5. The number of hydrogen-bond acceptors (Lipinski definition) is 8. The number of ether oxygens (including phenoxy) is 3. The smallest absolute Gasteiger partial charge is 0.261 e. The molecule has 4 heterocycles. The SMILES string of the molecule is C=CCOc1cccc(F)c1-c1nc(N2CC(N(C)CCOC)CC2C)c2c(c1C)OC[C@H]1CN(C(=O)C=C)CCN1C2=O. The van der Waals surface area contributed by atoms with E-state index in [1.54, 1.807) is 42.0 Å². The van der Waals surface area contributed by atoms with Gasteiger partial charge in [0, 0.05) is 57.5 Å². The number of aromatic nitrogens is 1. The molecule has 236 valence electrons. The number of halogens is 1. The Morgan fingerprint density at radius 3 is 2.75 bits per heavy atom. The van der Waals surface area contributed by atoms with Crippen LogP contribution < -0.4 is 14.4 Å². The Morgan fingerprint density at radius 1 is 1.23 bits per heavy atom. The van der Waals surface area contributed by atoms with E-state index in [1.807, 2.05) is 0 Å². The first-order valence-corrected chi connectivity index (χ1v) is 15.1. The van der Waals surface area contributed by atoms with Crippen molar-refractivity contribution >= 4 is 17.6 Å². The van der Waals surface area contributed by atoms with E-state index in [0.717, 1.165) is 13.0 Å². The van der Waals surface area contributed by atoms with Crippen LogP contribution in [0.15, 0.2) is 43.5 Å². The second-order valence-electron chi connectivity index (χ2n) is 11.6. The first-order chi connectivity index (χ1) is 21.2. The molecule has 0 bridgehead atoms. The molecular formula is C33H42FN5O5. The molecule has 3 aliphatic heterocycles. The van der Waals surface area contributed by atoms with Crippen molar-refractivity contribution in [1.82, 2.24) is 19.7 Å². The summed E-state index contributed by atoms with van der Waals surface area (Å²) in [7, 11) is 3.76. The monoisotopic (exact) mass is 607 g/mol. The zero-order valence-electron chi connectivity index (χ0n) is 26.1. The van der Waals surface area contributed by atoms with Crippen molar-refractivity contribution < 1.29 is 28.2 Å². The van der Waals surface area contributed by atoms with Crippen LogP contribution >= 0.6 is 0 Å². The Hall–Kier alpha value is -3.96. The van der Waals surface area contributed by atoms with E-state index in [4.69, 9.17) is 19.2 Å². The summed E-state index contributed by atoms with van der Waals surface area (Å²) in [6, 6.07) is 4.55. The van der Waals surface area contributed by atoms with Gasteiger partial charge in [0.05, 0.1) is 23.9 Å². The fourth-order valence-electron chi connectivity index (χ4n) is 6.42. The third-order valence-electron chi connectivity index (χ3n) is 8.89. The fourth-order valence-corrected chi connectivity index (χ4v) is 6.42. The molecule has 1 aromatic carbocycles. The highest BCUT2D eigenvalue weighted by molar-refractivity contribution is 6.04. The highest BCUT2D eigenvalue weighted by Gasteiger charge is 2.42. The quantitative estimate of drug-likeness (QED) is 0.300. The summed E-state index contributed by atoms with van der Waals surface area (Å²) in [5, 5.41) is 0. The normalized spacial score (nSPS) is 21.5. The van der Waals surface area contributed by atoms with Crippen molar-refractivity contribution in [1.29, 1.82) is 0 Å². The van der Waals surface area contributed by atoms with Gasteiger partial charge in [-0.2, -0.15) is 0 Å². The molecule has 3 aliphatic rings.